The Labute approximate surface area is 112 Å². The van der Waals surface area contributed by atoms with E-state index in [0.717, 1.165) is 5.56 Å². The number of aryl methyl sites for hydroxylation is 1. The maximum atomic E-state index is 12.2. The Bertz CT molecular complexity index is 684. The molecule has 19 heavy (non-hydrogen) atoms. The molecule has 0 fully saturated rings. The van der Waals surface area contributed by atoms with Crippen LogP contribution in [0.1, 0.15) is 11.1 Å². The van der Waals surface area contributed by atoms with Crippen LogP contribution in [0.4, 0.5) is 5.69 Å². The molecule has 2 N–H and O–H groups in total. The molecule has 0 saturated heterocycles. The van der Waals surface area contributed by atoms with Crippen molar-refractivity contribution < 1.29 is 13.5 Å². The summed E-state index contributed by atoms with van der Waals surface area (Å²) in [5, 5.41) is 9.03. The lowest BCUT2D eigenvalue weighted by Crippen LogP contribution is -2.13. The van der Waals surface area contributed by atoms with Crippen LogP contribution in [0.2, 0.25) is 0 Å². The Kier molecular flexibility index (Phi) is 3.82. The van der Waals surface area contributed by atoms with Gasteiger partial charge in [0.05, 0.1) is 23.4 Å². The van der Waals surface area contributed by atoms with Crippen LogP contribution in [-0.4, -0.2) is 18.5 Å². The fraction of sp³-hybridized carbons (Fsp3) is 0.154. The fourth-order valence-corrected chi connectivity index (χ4v) is 2.74. The van der Waals surface area contributed by atoms with E-state index in [0.29, 0.717) is 11.3 Å². The number of benzene rings is 1. The van der Waals surface area contributed by atoms with Gasteiger partial charge in [0.2, 0.25) is 0 Å². The molecule has 1 aromatic heterocycles. The Morgan fingerprint density at radius 3 is 2.74 bits per heavy atom. The lowest BCUT2D eigenvalue weighted by molar-refractivity contribution is 0.281. The summed E-state index contributed by atoms with van der Waals surface area (Å²) < 4.78 is 26.8. The third-order valence-corrected chi connectivity index (χ3v) is 3.90. The van der Waals surface area contributed by atoms with Gasteiger partial charge in [-0.1, -0.05) is 12.1 Å². The molecule has 0 spiro atoms. The highest BCUT2D eigenvalue weighted by Gasteiger charge is 2.14. The number of aliphatic hydroxyl groups is 1. The third-order valence-electron chi connectivity index (χ3n) is 2.52. The van der Waals surface area contributed by atoms with E-state index in [1.807, 2.05) is 6.92 Å². The molecule has 0 unspecified atom stereocenters. The van der Waals surface area contributed by atoms with Gasteiger partial charge in [0.1, 0.15) is 0 Å². The van der Waals surface area contributed by atoms with Crippen LogP contribution in [0.25, 0.3) is 0 Å². The molecular formula is C13H14N2O3S. The zero-order valence-corrected chi connectivity index (χ0v) is 11.2. The van der Waals surface area contributed by atoms with Crippen LogP contribution in [0, 0.1) is 6.92 Å². The topological polar surface area (TPSA) is 79.3 Å². The van der Waals surface area contributed by atoms with Crippen LogP contribution in [0.5, 0.6) is 0 Å². The summed E-state index contributed by atoms with van der Waals surface area (Å²) in [7, 11) is -3.66. The van der Waals surface area contributed by atoms with Crippen molar-refractivity contribution in [1.82, 2.24) is 4.98 Å². The number of sulfonamides is 1. The number of hydrogen-bond donors (Lipinski definition) is 2. The maximum absolute atomic E-state index is 12.2. The second-order valence-electron chi connectivity index (χ2n) is 4.16. The molecule has 0 aliphatic rings. The first kappa shape index (κ1) is 13.5. The highest BCUT2D eigenvalue weighted by molar-refractivity contribution is 7.92. The van der Waals surface area contributed by atoms with E-state index in [1.54, 1.807) is 24.4 Å². The SMILES string of the molecule is Cc1cncc(NS(=O)(=O)c2cccc(CO)c2)c1. The molecule has 0 radical (unpaired) electrons. The first-order chi connectivity index (χ1) is 9.01. The highest BCUT2D eigenvalue weighted by atomic mass is 32.2. The molecule has 0 aliphatic heterocycles. The van der Waals surface area contributed by atoms with E-state index < -0.39 is 10.0 Å². The van der Waals surface area contributed by atoms with Gasteiger partial charge in [-0.25, -0.2) is 8.42 Å². The molecule has 1 aromatic carbocycles. The minimum atomic E-state index is -3.66. The first-order valence-corrected chi connectivity index (χ1v) is 7.14. The van der Waals surface area contributed by atoms with Crippen molar-refractivity contribution in [2.24, 2.45) is 0 Å². The van der Waals surface area contributed by atoms with Crippen molar-refractivity contribution in [3.05, 3.63) is 53.9 Å². The van der Waals surface area contributed by atoms with Crippen molar-refractivity contribution >= 4 is 15.7 Å². The number of aliphatic hydroxyl groups excluding tert-OH is 1. The monoisotopic (exact) mass is 278 g/mol. The van der Waals surface area contributed by atoms with Crippen LogP contribution >= 0.6 is 0 Å². The quantitative estimate of drug-likeness (QED) is 0.892. The number of pyridine rings is 1. The number of hydrogen-bond acceptors (Lipinski definition) is 4. The zero-order valence-electron chi connectivity index (χ0n) is 10.4. The van der Waals surface area contributed by atoms with Crippen LogP contribution in [-0.2, 0) is 16.6 Å². The smallest absolute Gasteiger partial charge is 0.261 e. The van der Waals surface area contributed by atoms with Crippen LogP contribution < -0.4 is 4.72 Å². The van der Waals surface area contributed by atoms with Gasteiger partial charge in [0.15, 0.2) is 0 Å². The summed E-state index contributed by atoms with van der Waals surface area (Å²) in [5.74, 6) is 0. The van der Waals surface area contributed by atoms with Crippen molar-refractivity contribution in [1.29, 1.82) is 0 Å². The zero-order chi connectivity index (χ0) is 13.9. The van der Waals surface area contributed by atoms with Crippen LogP contribution in [0.3, 0.4) is 0 Å². The molecular weight excluding hydrogens is 264 g/mol. The van der Waals surface area contributed by atoms with E-state index >= 15 is 0 Å². The van der Waals surface area contributed by atoms with Gasteiger partial charge in [-0.3, -0.25) is 9.71 Å². The molecule has 0 bridgehead atoms. The minimum Gasteiger partial charge on any atom is -0.392 e. The third kappa shape index (κ3) is 3.30. The Morgan fingerprint density at radius 2 is 2.05 bits per heavy atom. The average Bonchev–Trinajstić information content (AvgIpc) is 2.38. The predicted molar refractivity (Wildman–Crippen MR) is 72.1 cm³/mol. The van der Waals surface area contributed by atoms with E-state index in [2.05, 4.69) is 9.71 Å². The number of nitrogens with one attached hydrogen (secondary N) is 1. The molecule has 0 amide bonds. The summed E-state index contributed by atoms with van der Waals surface area (Å²) in [6.45, 7) is 1.63. The molecule has 100 valence electrons. The summed E-state index contributed by atoms with van der Waals surface area (Å²) in [6.07, 6.45) is 3.09. The second-order valence-corrected chi connectivity index (χ2v) is 5.84. The van der Waals surface area contributed by atoms with E-state index in [-0.39, 0.29) is 11.5 Å². The molecule has 0 saturated carbocycles. The maximum Gasteiger partial charge on any atom is 0.261 e. The number of nitrogens with zero attached hydrogens (tertiary/aromatic N) is 1. The second kappa shape index (κ2) is 5.38. The number of aromatic nitrogens is 1. The number of rotatable bonds is 4. The first-order valence-electron chi connectivity index (χ1n) is 5.65. The van der Waals surface area contributed by atoms with Gasteiger partial charge in [-0.05, 0) is 36.2 Å². The Hall–Kier alpha value is -1.92. The molecule has 2 rings (SSSR count). The van der Waals surface area contributed by atoms with Gasteiger partial charge >= 0.3 is 0 Å². The molecule has 5 nitrogen and oxygen atoms in total. The van der Waals surface area contributed by atoms with Crippen molar-refractivity contribution in [2.45, 2.75) is 18.4 Å². The highest BCUT2D eigenvalue weighted by Crippen LogP contribution is 2.17. The van der Waals surface area contributed by atoms with Gasteiger partial charge in [0, 0.05) is 6.20 Å². The van der Waals surface area contributed by atoms with E-state index in [4.69, 9.17) is 5.11 Å². The normalized spacial score (nSPS) is 11.3. The average molecular weight is 278 g/mol. The summed E-state index contributed by atoms with van der Waals surface area (Å²) >= 11 is 0. The van der Waals surface area contributed by atoms with Gasteiger partial charge in [-0.15, -0.1) is 0 Å². The predicted octanol–water partition coefficient (Wildman–Crippen LogP) is 1.68. The summed E-state index contributed by atoms with van der Waals surface area (Å²) in [5.41, 5.74) is 1.82. The van der Waals surface area contributed by atoms with Crippen molar-refractivity contribution in [2.75, 3.05) is 4.72 Å². The van der Waals surface area contributed by atoms with Gasteiger partial charge in [0.25, 0.3) is 10.0 Å². The fourth-order valence-electron chi connectivity index (χ4n) is 1.64. The van der Waals surface area contributed by atoms with Gasteiger partial charge < -0.3 is 5.11 Å². The Balaban J connectivity index is 2.32. The Morgan fingerprint density at radius 1 is 1.26 bits per heavy atom. The number of anilines is 1. The largest absolute Gasteiger partial charge is 0.392 e. The molecule has 2 aromatic rings. The lowest BCUT2D eigenvalue weighted by Gasteiger charge is -2.09. The van der Waals surface area contributed by atoms with Crippen molar-refractivity contribution in [3.63, 3.8) is 0 Å². The molecule has 1 heterocycles. The molecule has 0 atom stereocenters. The van der Waals surface area contributed by atoms with Crippen molar-refractivity contribution in [3.8, 4) is 0 Å². The molecule has 0 aliphatic carbocycles. The summed E-state index contributed by atoms with van der Waals surface area (Å²) in [4.78, 5) is 4.04. The summed E-state index contributed by atoms with van der Waals surface area (Å²) in [6, 6.07) is 7.86. The van der Waals surface area contributed by atoms with E-state index in [1.165, 1.54) is 18.3 Å². The molecule has 6 heteroatoms. The lowest BCUT2D eigenvalue weighted by atomic mass is 10.2. The van der Waals surface area contributed by atoms with Crippen LogP contribution in [0.15, 0.2) is 47.6 Å². The van der Waals surface area contributed by atoms with Gasteiger partial charge in [-0.2, -0.15) is 0 Å². The standard InChI is InChI=1S/C13H14N2O3S/c1-10-5-12(8-14-7-10)15-19(17,18)13-4-2-3-11(6-13)9-16/h2-8,15-16H,9H2,1H3. The van der Waals surface area contributed by atoms with E-state index in [9.17, 15) is 8.42 Å². The minimum absolute atomic E-state index is 0.112.